The van der Waals surface area contributed by atoms with Crippen LogP contribution in [0.2, 0.25) is 0 Å². The summed E-state index contributed by atoms with van der Waals surface area (Å²) in [7, 11) is 3.54. The number of nitrogens with zero attached hydrogens (tertiary/aromatic N) is 1. The third kappa shape index (κ3) is 4.76. The van der Waals surface area contributed by atoms with Crippen molar-refractivity contribution in [1.29, 1.82) is 0 Å². The summed E-state index contributed by atoms with van der Waals surface area (Å²) in [5, 5.41) is 1.61. The lowest BCUT2D eigenvalue weighted by Gasteiger charge is -2.08. The Bertz CT molecular complexity index is 357. The Kier molecular flexibility index (Phi) is 4.52. The van der Waals surface area contributed by atoms with Crippen LogP contribution < -0.4 is 5.43 Å². The Labute approximate surface area is 97.9 Å². The van der Waals surface area contributed by atoms with Gasteiger partial charge in [-0.3, -0.25) is 10.2 Å². The molecule has 15 heavy (non-hydrogen) atoms. The number of amides is 1. The Balaban J connectivity index is 2.57. The molecule has 0 aliphatic carbocycles. The fourth-order valence-electron chi connectivity index (χ4n) is 1.00. The first kappa shape index (κ1) is 11.9. The molecule has 0 saturated carbocycles. The highest BCUT2D eigenvalue weighted by Crippen LogP contribution is 2.11. The molecule has 0 radical (unpaired) electrons. The predicted molar refractivity (Wildman–Crippen MR) is 65.0 cm³/mol. The lowest BCUT2D eigenvalue weighted by Crippen LogP contribution is -2.34. The van der Waals surface area contributed by atoms with Crippen molar-refractivity contribution in [2.75, 3.05) is 14.1 Å². The second-order valence-electron chi connectivity index (χ2n) is 3.26. The molecule has 0 fully saturated rings. The zero-order chi connectivity index (χ0) is 11.3. The van der Waals surface area contributed by atoms with Crippen LogP contribution in [0.25, 0.3) is 6.08 Å². The Morgan fingerprint density at radius 2 is 1.93 bits per heavy atom. The molecule has 1 rings (SSSR count). The van der Waals surface area contributed by atoms with Crippen LogP contribution in [-0.4, -0.2) is 25.0 Å². The third-order valence-electron chi connectivity index (χ3n) is 1.63. The molecule has 0 spiro atoms. The van der Waals surface area contributed by atoms with E-state index >= 15 is 0 Å². The number of carbonyl (C=O) groups excluding carboxylic acids is 1. The van der Waals surface area contributed by atoms with Gasteiger partial charge in [-0.05, 0) is 23.8 Å². The molecular formula is C11H13BrN2O. The van der Waals surface area contributed by atoms with Crippen molar-refractivity contribution < 1.29 is 4.79 Å². The highest BCUT2D eigenvalue weighted by molar-refractivity contribution is 9.10. The number of hydrogen-bond donors (Lipinski definition) is 1. The molecular weight excluding hydrogens is 256 g/mol. The zero-order valence-electron chi connectivity index (χ0n) is 8.70. The van der Waals surface area contributed by atoms with Crippen molar-refractivity contribution in [3.05, 3.63) is 40.4 Å². The molecule has 0 aliphatic rings. The smallest absolute Gasteiger partial charge is 0.258 e. The molecule has 0 aromatic heterocycles. The number of carbonyl (C=O) groups is 1. The minimum absolute atomic E-state index is 0.136. The highest BCUT2D eigenvalue weighted by atomic mass is 79.9. The van der Waals surface area contributed by atoms with Crippen LogP contribution in [0.15, 0.2) is 34.8 Å². The molecule has 0 aliphatic heterocycles. The molecule has 1 aromatic rings. The van der Waals surface area contributed by atoms with Gasteiger partial charge in [-0.2, -0.15) is 0 Å². The number of halogens is 1. The summed E-state index contributed by atoms with van der Waals surface area (Å²) in [6, 6.07) is 7.74. The first-order valence-electron chi connectivity index (χ1n) is 4.49. The van der Waals surface area contributed by atoms with Crippen molar-refractivity contribution in [3.8, 4) is 0 Å². The number of nitrogens with one attached hydrogen (secondary N) is 1. The molecule has 0 unspecified atom stereocenters. The lowest BCUT2D eigenvalue weighted by atomic mass is 10.2. The van der Waals surface area contributed by atoms with Crippen LogP contribution in [0.4, 0.5) is 0 Å². The summed E-state index contributed by atoms with van der Waals surface area (Å²) in [6.45, 7) is 0. The van der Waals surface area contributed by atoms with Crippen molar-refractivity contribution in [1.82, 2.24) is 10.4 Å². The molecule has 0 saturated heterocycles. The highest BCUT2D eigenvalue weighted by Gasteiger charge is 1.95. The molecule has 1 aromatic carbocycles. The van der Waals surface area contributed by atoms with E-state index in [4.69, 9.17) is 0 Å². The van der Waals surface area contributed by atoms with Crippen molar-refractivity contribution in [2.24, 2.45) is 0 Å². The summed E-state index contributed by atoms with van der Waals surface area (Å²) in [6.07, 6.45) is 3.27. The summed E-state index contributed by atoms with van der Waals surface area (Å²) in [5.74, 6) is -0.136. The predicted octanol–water partition coefficient (Wildman–Crippen LogP) is 2.06. The Morgan fingerprint density at radius 1 is 1.33 bits per heavy atom. The van der Waals surface area contributed by atoms with Crippen molar-refractivity contribution in [3.63, 3.8) is 0 Å². The van der Waals surface area contributed by atoms with E-state index in [-0.39, 0.29) is 5.91 Å². The molecule has 1 amide bonds. The van der Waals surface area contributed by atoms with E-state index in [0.29, 0.717) is 0 Å². The molecule has 80 valence electrons. The summed E-state index contributed by atoms with van der Waals surface area (Å²) in [5.41, 5.74) is 3.62. The van der Waals surface area contributed by atoms with Crippen LogP contribution in [0.5, 0.6) is 0 Å². The van der Waals surface area contributed by atoms with Crippen molar-refractivity contribution >= 4 is 27.9 Å². The van der Waals surface area contributed by atoms with Crippen LogP contribution in [0.1, 0.15) is 5.56 Å². The Morgan fingerprint density at radius 3 is 2.47 bits per heavy atom. The largest absolute Gasteiger partial charge is 0.286 e. The van der Waals surface area contributed by atoms with Gasteiger partial charge >= 0.3 is 0 Å². The molecule has 0 atom stereocenters. The molecule has 1 N–H and O–H groups in total. The summed E-state index contributed by atoms with van der Waals surface area (Å²) in [4.78, 5) is 11.2. The maximum Gasteiger partial charge on any atom is 0.258 e. The van der Waals surface area contributed by atoms with Crippen molar-refractivity contribution in [2.45, 2.75) is 0 Å². The topological polar surface area (TPSA) is 32.3 Å². The maximum atomic E-state index is 11.2. The van der Waals surface area contributed by atoms with Gasteiger partial charge in [-0.15, -0.1) is 0 Å². The van der Waals surface area contributed by atoms with Gasteiger partial charge in [-0.1, -0.05) is 28.1 Å². The van der Waals surface area contributed by atoms with Crippen LogP contribution >= 0.6 is 15.9 Å². The van der Waals surface area contributed by atoms with Gasteiger partial charge in [-0.25, -0.2) is 5.01 Å². The first-order valence-corrected chi connectivity index (χ1v) is 5.29. The quantitative estimate of drug-likeness (QED) is 0.673. The van der Waals surface area contributed by atoms with Gasteiger partial charge in [0.25, 0.3) is 5.91 Å². The average Bonchev–Trinajstić information content (AvgIpc) is 2.16. The van der Waals surface area contributed by atoms with E-state index in [9.17, 15) is 4.79 Å². The second-order valence-corrected chi connectivity index (χ2v) is 4.17. The van der Waals surface area contributed by atoms with Gasteiger partial charge in [0.15, 0.2) is 0 Å². The van der Waals surface area contributed by atoms with Gasteiger partial charge in [0.2, 0.25) is 0 Å². The standard InChI is InChI=1S/C11H13BrN2O/c1-14(2)13-11(15)8-5-9-3-6-10(12)7-4-9/h3-8H,1-2H3,(H,13,15)/b8-5+. The van der Waals surface area contributed by atoms with Crippen LogP contribution in [0, 0.1) is 0 Å². The fraction of sp³-hybridized carbons (Fsp3) is 0.182. The minimum Gasteiger partial charge on any atom is -0.286 e. The Hall–Kier alpha value is -1.13. The van der Waals surface area contributed by atoms with Crippen LogP contribution in [0.3, 0.4) is 0 Å². The van der Waals surface area contributed by atoms with E-state index in [1.54, 1.807) is 25.2 Å². The van der Waals surface area contributed by atoms with Gasteiger partial charge < -0.3 is 0 Å². The van der Waals surface area contributed by atoms with E-state index in [0.717, 1.165) is 10.0 Å². The number of hydrogen-bond acceptors (Lipinski definition) is 2. The van der Waals surface area contributed by atoms with Gasteiger partial charge in [0, 0.05) is 24.6 Å². The molecule has 0 bridgehead atoms. The fourth-order valence-corrected chi connectivity index (χ4v) is 1.27. The molecule has 4 heteroatoms. The summed E-state index contributed by atoms with van der Waals surface area (Å²) < 4.78 is 1.03. The molecule has 3 nitrogen and oxygen atoms in total. The first-order chi connectivity index (χ1) is 7.08. The van der Waals surface area contributed by atoms with Crippen LogP contribution in [-0.2, 0) is 4.79 Å². The minimum atomic E-state index is -0.136. The SMILES string of the molecule is CN(C)NC(=O)/C=C/c1ccc(Br)cc1. The van der Waals surface area contributed by atoms with Gasteiger partial charge in [0.1, 0.15) is 0 Å². The second kappa shape index (κ2) is 5.68. The number of hydrazine groups is 1. The number of rotatable bonds is 3. The zero-order valence-corrected chi connectivity index (χ0v) is 10.3. The maximum absolute atomic E-state index is 11.2. The third-order valence-corrected chi connectivity index (χ3v) is 2.16. The average molecular weight is 269 g/mol. The monoisotopic (exact) mass is 268 g/mol. The van der Waals surface area contributed by atoms with Gasteiger partial charge in [0.05, 0.1) is 0 Å². The normalized spacial score (nSPS) is 10.9. The molecule has 0 heterocycles. The van der Waals surface area contributed by atoms with E-state index in [2.05, 4.69) is 21.4 Å². The van der Waals surface area contributed by atoms with E-state index in [1.165, 1.54) is 6.08 Å². The lowest BCUT2D eigenvalue weighted by molar-refractivity contribution is -0.119. The summed E-state index contributed by atoms with van der Waals surface area (Å²) >= 11 is 3.35. The van der Waals surface area contributed by atoms with E-state index < -0.39 is 0 Å². The number of benzene rings is 1. The van der Waals surface area contributed by atoms with E-state index in [1.807, 2.05) is 24.3 Å².